The van der Waals surface area contributed by atoms with E-state index in [2.05, 4.69) is 10.6 Å². The molecule has 2 aromatic rings. The van der Waals surface area contributed by atoms with E-state index >= 15 is 0 Å². The molecule has 0 saturated heterocycles. The number of rotatable bonds is 2. The average Bonchev–Trinajstić information content (AvgIpc) is 2.50. The summed E-state index contributed by atoms with van der Waals surface area (Å²) in [6.07, 6.45) is 0.527. The van der Waals surface area contributed by atoms with Crippen LogP contribution in [-0.4, -0.2) is 11.9 Å². The summed E-state index contributed by atoms with van der Waals surface area (Å²) in [4.78, 5) is 12.2. The molecule has 1 aliphatic heterocycles. The Kier molecular flexibility index (Phi) is 3.66. The lowest BCUT2D eigenvalue weighted by Gasteiger charge is -2.25. The van der Waals surface area contributed by atoms with Crippen molar-refractivity contribution < 1.29 is 13.6 Å². The maximum absolute atomic E-state index is 13.5. The number of carbonyl (C=O) groups is 1. The Labute approximate surface area is 121 Å². The number of amides is 1. The van der Waals surface area contributed by atoms with Crippen molar-refractivity contribution in [3.63, 3.8) is 0 Å². The van der Waals surface area contributed by atoms with Gasteiger partial charge in [-0.25, -0.2) is 8.78 Å². The molecule has 0 radical (unpaired) electrons. The molecule has 0 bridgehead atoms. The molecule has 108 valence electrons. The summed E-state index contributed by atoms with van der Waals surface area (Å²) in [6.45, 7) is 0.583. The standard InChI is InChI=1S/C16H14F2N2O/c17-12-5-6-13(18)14(8-12)20-16(21)15-7-10-3-1-2-4-11(10)9-19-15/h1-6,8,15,19H,7,9H2,(H,20,21). The van der Waals surface area contributed by atoms with E-state index in [0.29, 0.717) is 13.0 Å². The highest BCUT2D eigenvalue weighted by Crippen LogP contribution is 2.19. The fourth-order valence-corrected chi connectivity index (χ4v) is 2.45. The van der Waals surface area contributed by atoms with Crippen molar-refractivity contribution in [1.29, 1.82) is 0 Å². The van der Waals surface area contributed by atoms with Crippen molar-refractivity contribution in [2.24, 2.45) is 0 Å². The summed E-state index contributed by atoms with van der Waals surface area (Å²) in [7, 11) is 0. The van der Waals surface area contributed by atoms with Crippen molar-refractivity contribution in [3.05, 3.63) is 65.2 Å². The number of halogens is 2. The summed E-state index contributed by atoms with van der Waals surface area (Å²) in [5.41, 5.74) is 2.11. The van der Waals surface area contributed by atoms with Gasteiger partial charge in [-0.3, -0.25) is 4.79 Å². The van der Waals surface area contributed by atoms with E-state index in [1.165, 1.54) is 0 Å². The van der Waals surface area contributed by atoms with Gasteiger partial charge < -0.3 is 10.6 Å². The predicted molar refractivity (Wildman–Crippen MR) is 75.8 cm³/mol. The van der Waals surface area contributed by atoms with Gasteiger partial charge in [0, 0.05) is 12.6 Å². The van der Waals surface area contributed by atoms with Gasteiger partial charge in [0.05, 0.1) is 11.7 Å². The Bertz CT molecular complexity index is 688. The Morgan fingerprint density at radius 2 is 1.90 bits per heavy atom. The van der Waals surface area contributed by atoms with Gasteiger partial charge in [0.25, 0.3) is 0 Å². The van der Waals surface area contributed by atoms with Gasteiger partial charge in [0.2, 0.25) is 5.91 Å². The minimum absolute atomic E-state index is 0.138. The van der Waals surface area contributed by atoms with Crippen LogP contribution in [0.15, 0.2) is 42.5 Å². The maximum Gasteiger partial charge on any atom is 0.241 e. The Morgan fingerprint density at radius 3 is 2.71 bits per heavy atom. The lowest BCUT2D eigenvalue weighted by Crippen LogP contribution is -2.44. The zero-order valence-electron chi connectivity index (χ0n) is 11.2. The normalized spacial score (nSPS) is 17.1. The summed E-state index contributed by atoms with van der Waals surface area (Å²) in [5.74, 6) is -1.61. The average molecular weight is 288 g/mol. The molecule has 2 aromatic carbocycles. The summed E-state index contributed by atoms with van der Waals surface area (Å²) in [6, 6.07) is 10.4. The monoisotopic (exact) mass is 288 g/mol. The van der Waals surface area contributed by atoms with Crippen LogP contribution in [-0.2, 0) is 17.8 Å². The lowest BCUT2D eigenvalue weighted by atomic mass is 9.95. The highest BCUT2D eigenvalue weighted by Gasteiger charge is 2.24. The Morgan fingerprint density at radius 1 is 1.14 bits per heavy atom. The van der Waals surface area contributed by atoms with E-state index in [9.17, 15) is 13.6 Å². The van der Waals surface area contributed by atoms with Gasteiger partial charge in [0.1, 0.15) is 11.6 Å². The van der Waals surface area contributed by atoms with Crippen LogP contribution in [0.3, 0.4) is 0 Å². The molecule has 0 fully saturated rings. The summed E-state index contributed by atoms with van der Waals surface area (Å²) >= 11 is 0. The van der Waals surface area contributed by atoms with Crippen LogP contribution in [0.2, 0.25) is 0 Å². The molecule has 2 N–H and O–H groups in total. The second kappa shape index (κ2) is 5.61. The molecule has 3 rings (SSSR count). The fraction of sp³-hybridized carbons (Fsp3) is 0.188. The zero-order valence-corrected chi connectivity index (χ0v) is 11.2. The molecule has 1 unspecified atom stereocenters. The van der Waals surface area contributed by atoms with Crippen molar-refractivity contribution in [2.75, 3.05) is 5.32 Å². The highest BCUT2D eigenvalue weighted by molar-refractivity contribution is 5.95. The quantitative estimate of drug-likeness (QED) is 0.892. The minimum Gasteiger partial charge on any atom is -0.322 e. The van der Waals surface area contributed by atoms with Gasteiger partial charge in [-0.15, -0.1) is 0 Å². The third-order valence-corrected chi connectivity index (χ3v) is 3.58. The van der Waals surface area contributed by atoms with Crippen LogP contribution in [0, 0.1) is 11.6 Å². The van der Waals surface area contributed by atoms with Gasteiger partial charge in [-0.2, -0.15) is 0 Å². The van der Waals surface area contributed by atoms with E-state index in [-0.39, 0.29) is 11.6 Å². The van der Waals surface area contributed by atoms with Crippen LogP contribution >= 0.6 is 0 Å². The van der Waals surface area contributed by atoms with E-state index in [1.807, 2.05) is 24.3 Å². The summed E-state index contributed by atoms with van der Waals surface area (Å²) < 4.78 is 26.6. The Hall–Kier alpha value is -2.27. The van der Waals surface area contributed by atoms with E-state index in [0.717, 1.165) is 29.3 Å². The van der Waals surface area contributed by atoms with Crippen LogP contribution in [0.25, 0.3) is 0 Å². The van der Waals surface area contributed by atoms with Crippen LogP contribution in [0.4, 0.5) is 14.5 Å². The van der Waals surface area contributed by atoms with Crippen LogP contribution in [0.1, 0.15) is 11.1 Å². The van der Waals surface area contributed by atoms with Gasteiger partial charge in [-0.05, 0) is 29.7 Å². The SMILES string of the molecule is O=C(Nc1cc(F)ccc1F)C1Cc2ccccc2CN1. The first-order valence-electron chi connectivity index (χ1n) is 6.69. The predicted octanol–water partition coefficient (Wildman–Crippen LogP) is 2.62. The molecule has 0 aliphatic carbocycles. The highest BCUT2D eigenvalue weighted by atomic mass is 19.1. The van der Waals surface area contributed by atoms with Crippen molar-refractivity contribution in [3.8, 4) is 0 Å². The minimum atomic E-state index is -0.652. The first kappa shape index (κ1) is 13.7. The molecular formula is C16H14F2N2O. The van der Waals surface area contributed by atoms with Gasteiger partial charge in [0.15, 0.2) is 0 Å². The maximum atomic E-state index is 13.5. The first-order valence-corrected chi connectivity index (χ1v) is 6.69. The molecular weight excluding hydrogens is 274 g/mol. The molecule has 0 spiro atoms. The van der Waals surface area contributed by atoms with E-state index < -0.39 is 17.7 Å². The van der Waals surface area contributed by atoms with Crippen LogP contribution in [0.5, 0.6) is 0 Å². The number of benzene rings is 2. The number of anilines is 1. The topological polar surface area (TPSA) is 41.1 Å². The number of carbonyl (C=O) groups excluding carboxylic acids is 1. The van der Waals surface area contributed by atoms with Crippen molar-refractivity contribution >= 4 is 11.6 Å². The molecule has 21 heavy (non-hydrogen) atoms. The zero-order chi connectivity index (χ0) is 14.8. The van der Waals surface area contributed by atoms with Crippen molar-refractivity contribution in [1.82, 2.24) is 5.32 Å². The third-order valence-electron chi connectivity index (χ3n) is 3.58. The second-order valence-corrected chi connectivity index (χ2v) is 5.02. The molecule has 1 atom stereocenters. The number of hydrogen-bond acceptors (Lipinski definition) is 2. The summed E-state index contributed by atoms with van der Waals surface area (Å²) in [5, 5.41) is 5.54. The van der Waals surface area contributed by atoms with Gasteiger partial charge >= 0.3 is 0 Å². The third kappa shape index (κ3) is 2.92. The molecule has 0 aromatic heterocycles. The largest absolute Gasteiger partial charge is 0.322 e. The van der Waals surface area contributed by atoms with Crippen molar-refractivity contribution in [2.45, 2.75) is 19.0 Å². The van der Waals surface area contributed by atoms with Crippen LogP contribution < -0.4 is 10.6 Å². The lowest BCUT2D eigenvalue weighted by molar-refractivity contribution is -0.118. The Balaban J connectivity index is 1.74. The number of fused-ring (bicyclic) bond motifs is 1. The van der Waals surface area contributed by atoms with E-state index in [4.69, 9.17) is 0 Å². The molecule has 5 heteroatoms. The smallest absolute Gasteiger partial charge is 0.241 e. The second-order valence-electron chi connectivity index (χ2n) is 5.02. The van der Waals surface area contributed by atoms with Gasteiger partial charge in [-0.1, -0.05) is 24.3 Å². The molecule has 1 amide bonds. The van der Waals surface area contributed by atoms with E-state index in [1.54, 1.807) is 0 Å². The first-order chi connectivity index (χ1) is 10.1. The number of hydrogen-bond donors (Lipinski definition) is 2. The molecule has 3 nitrogen and oxygen atoms in total. The fourth-order valence-electron chi connectivity index (χ4n) is 2.45. The molecule has 1 aliphatic rings. The molecule has 1 heterocycles. The molecule has 0 saturated carbocycles. The number of nitrogens with one attached hydrogen (secondary N) is 2.